The van der Waals surface area contributed by atoms with Gasteiger partial charge in [0.2, 0.25) is 0 Å². The van der Waals surface area contributed by atoms with E-state index in [0.717, 1.165) is 29.9 Å². The monoisotopic (exact) mass is 234 g/mol. The maximum atomic E-state index is 10.1. The van der Waals surface area contributed by atoms with Crippen LogP contribution in [0.25, 0.3) is 0 Å². The lowest BCUT2D eigenvalue weighted by Gasteiger charge is -2.19. The van der Waals surface area contributed by atoms with Gasteiger partial charge in [-0.05, 0) is 35.1 Å². The van der Waals surface area contributed by atoms with Crippen LogP contribution in [0.4, 0.5) is 0 Å². The molecule has 3 heteroatoms. The number of benzene rings is 1. The van der Waals surface area contributed by atoms with E-state index >= 15 is 0 Å². The number of hydrogen-bond donors (Lipinski definition) is 1. The van der Waals surface area contributed by atoms with Crippen molar-refractivity contribution in [3.8, 4) is 11.5 Å². The summed E-state index contributed by atoms with van der Waals surface area (Å²) in [7, 11) is 0. The van der Waals surface area contributed by atoms with Crippen molar-refractivity contribution >= 4 is 0 Å². The van der Waals surface area contributed by atoms with Crippen LogP contribution in [-0.2, 0) is 5.41 Å². The van der Waals surface area contributed by atoms with Crippen molar-refractivity contribution in [2.75, 3.05) is 13.2 Å². The maximum absolute atomic E-state index is 10.1. The summed E-state index contributed by atoms with van der Waals surface area (Å²) in [5.74, 6) is 1.60. The molecule has 1 aromatic carbocycles. The van der Waals surface area contributed by atoms with Gasteiger partial charge in [0.1, 0.15) is 0 Å². The topological polar surface area (TPSA) is 38.7 Å². The molecule has 1 atom stereocenters. The van der Waals surface area contributed by atoms with Crippen LogP contribution < -0.4 is 9.47 Å². The van der Waals surface area contributed by atoms with Crippen LogP contribution in [0.3, 0.4) is 0 Å². The fourth-order valence-corrected chi connectivity index (χ4v) is 2.79. The molecule has 1 N–H and O–H groups in total. The molecule has 92 valence electrons. The van der Waals surface area contributed by atoms with E-state index in [1.165, 1.54) is 5.56 Å². The van der Waals surface area contributed by atoms with Crippen molar-refractivity contribution in [2.24, 2.45) is 0 Å². The average Bonchev–Trinajstić information content (AvgIpc) is 2.46. The molecule has 0 radical (unpaired) electrons. The molecule has 0 aromatic heterocycles. The Morgan fingerprint density at radius 3 is 2.53 bits per heavy atom. The van der Waals surface area contributed by atoms with Crippen LogP contribution in [-0.4, -0.2) is 18.3 Å². The molecule has 0 saturated heterocycles. The first kappa shape index (κ1) is 10.9. The molecule has 0 unspecified atom stereocenters. The third-order valence-electron chi connectivity index (χ3n) is 3.71. The predicted octanol–water partition coefficient (Wildman–Crippen LogP) is 2.56. The van der Waals surface area contributed by atoms with Gasteiger partial charge >= 0.3 is 0 Å². The van der Waals surface area contributed by atoms with Crippen molar-refractivity contribution in [2.45, 2.75) is 38.2 Å². The van der Waals surface area contributed by atoms with Gasteiger partial charge in [-0.2, -0.15) is 0 Å². The number of aliphatic hydroxyl groups excluding tert-OH is 1. The third kappa shape index (κ3) is 1.69. The lowest BCUT2D eigenvalue weighted by atomic mass is 9.86. The molecule has 2 aliphatic rings. The highest BCUT2D eigenvalue weighted by Gasteiger charge is 2.37. The molecule has 17 heavy (non-hydrogen) atoms. The van der Waals surface area contributed by atoms with Crippen LogP contribution in [0, 0.1) is 0 Å². The second-order valence-electron chi connectivity index (χ2n) is 5.54. The highest BCUT2D eigenvalue weighted by atomic mass is 16.5. The molecule has 0 saturated carbocycles. The molecular formula is C14H18O3. The fraction of sp³-hybridized carbons (Fsp3) is 0.571. The van der Waals surface area contributed by atoms with Gasteiger partial charge in [-0.15, -0.1) is 0 Å². The minimum Gasteiger partial charge on any atom is -0.490 e. The number of fused-ring (bicyclic) bond motifs is 2. The van der Waals surface area contributed by atoms with E-state index < -0.39 is 0 Å². The zero-order valence-corrected chi connectivity index (χ0v) is 10.3. The normalized spacial score (nSPS) is 25.2. The number of rotatable bonds is 0. The summed E-state index contributed by atoms with van der Waals surface area (Å²) in [6.45, 7) is 5.71. The van der Waals surface area contributed by atoms with Gasteiger partial charge in [-0.3, -0.25) is 0 Å². The first-order valence-corrected chi connectivity index (χ1v) is 6.20. The Morgan fingerprint density at radius 2 is 1.82 bits per heavy atom. The highest BCUT2D eigenvalue weighted by Crippen LogP contribution is 2.48. The van der Waals surface area contributed by atoms with Gasteiger partial charge in [0.25, 0.3) is 0 Å². The molecule has 3 nitrogen and oxygen atoms in total. The summed E-state index contributed by atoms with van der Waals surface area (Å²) >= 11 is 0. The van der Waals surface area contributed by atoms with Gasteiger partial charge in [-0.1, -0.05) is 13.8 Å². The van der Waals surface area contributed by atoms with Gasteiger partial charge < -0.3 is 14.6 Å². The smallest absolute Gasteiger partial charge is 0.161 e. The largest absolute Gasteiger partial charge is 0.490 e. The summed E-state index contributed by atoms with van der Waals surface area (Å²) < 4.78 is 11.3. The Hall–Kier alpha value is -1.22. The first-order valence-electron chi connectivity index (χ1n) is 6.20. The molecule has 1 aliphatic carbocycles. The van der Waals surface area contributed by atoms with E-state index in [4.69, 9.17) is 9.47 Å². The highest BCUT2D eigenvalue weighted by molar-refractivity contribution is 5.53. The molecule has 1 heterocycles. The van der Waals surface area contributed by atoms with E-state index in [-0.39, 0.29) is 11.5 Å². The van der Waals surface area contributed by atoms with Crippen LogP contribution in [0.2, 0.25) is 0 Å². The zero-order valence-electron chi connectivity index (χ0n) is 10.3. The van der Waals surface area contributed by atoms with Gasteiger partial charge in [-0.25, -0.2) is 0 Å². The lowest BCUT2D eigenvalue weighted by Crippen LogP contribution is -2.12. The standard InChI is InChI=1S/C14H18O3/c1-14(2)8-11(15)9-6-12-13(7-10(9)14)17-5-3-4-16-12/h6-7,11,15H,3-5,8H2,1-2H3/t11-/m1/s1. The van der Waals surface area contributed by atoms with E-state index in [1.807, 2.05) is 12.1 Å². The summed E-state index contributed by atoms with van der Waals surface area (Å²) in [6.07, 6.45) is 1.30. The van der Waals surface area contributed by atoms with Crippen LogP contribution in [0.1, 0.15) is 43.9 Å². The fourth-order valence-electron chi connectivity index (χ4n) is 2.79. The Balaban J connectivity index is 2.12. The van der Waals surface area contributed by atoms with Crippen LogP contribution >= 0.6 is 0 Å². The average molecular weight is 234 g/mol. The van der Waals surface area contributed by atoms with E-state index in [1.54, 1.807) is 0 Å². The Bertz CT molecular complexity index is 451. The van der Waals surface area contributed by atoms with E-state index in [9.17, 15) is 5.11 Å². The van der Waals surface area contributed by atoms with Gasteiger partial charge in [0, 0.05) is 6.42 Å². The van der Waals surface area contributed by atoms with Crippen LogP contribution in [0.5, 0.6) is 11.5 Å². The zero-order chi connectivity index (χ0) is 12.0. The second kappa shape index (κ2) is 3.64. The Kier molecular flexibility index (Phi) is 2.33. The summed E-state index contributed by atoms with van der Waals surface area (Å²) in [4.78, 5) is 0. The lowest BCUT2D eigenvalue weighted by molar-refractivity contribution is 0.161. The minimum atomic E-state index is -0.378. The molecule has 0 fully saturated rings. The number of aliphatic hydroxyl groups is 1. The molecular weight excluding hydrogens is 216 g/mol. The quantitative estimate of drug-likeness (QED) is 0.749. The predicted molar refractivity (Wildman–Crippen MR) is 64.7 cm³/mol. The molecule has 1 aliphatic heterocycles. The SMILES string of the molecule is CC1(C)C[C@@H](O)c2cc3c(cc21)OCCCO3. The molecule has 0 spiro atoms. The summed E-state index contributed by atoms with van der Waals surface area (Å²) in [5.41, 5.74) is 2.20. The molecule has 1 aromatic rings. The number of hydrogen-bond acceptors (Lipinski definition) is 3. The van der Waals surface area contributed by atoms with Crippen molar-refractivity contribution in [1.82, 2.24) is 0 Å². The first-order chi connectivity index (χ1) is 8.08. The molecule has 0 amide bonds. The third-order valence-corrected chi connectivity index (χ3v) is 3.71. The summed E-state index contributed by atoms with van der Waals surface area (Å²) in [5, 5.41) is 10.1. The van der Waals surface area contributed by atoms with Gasteiger partial charge in [0.15, 0.2) is 11.5 Å². The Labute approximate surface area is 101 Å². The van der Waals surface area contributed by atoms with Crippen molar-refractivity contribution in [3.63, 3.8) is 0 Å². The number of ether oxygens (including phenoxy) is 2. The summed E-state index contributed by atoms with van der Waals surface area (Å²) in [6, 6.07) is 4.00. The van der Waals surface area contributed by atoms with Crippen molar-refractivity contribution in [3.05, 3.63) is 23.3 Å². The van der Waals surface area contributed by atoms with Gasteiger partial charge in [0.05, 0.1) is 19.3 Å². The second-order valence-corrected chi connectivity index (χ2v) is 5.54. The van der Waals surface area contributed by atoms with Crippen LogP contribution in [0.15, 0.2) is 12.1 Å². The maximum Gasteiger partial charge on any atom is 0.161 e. The Morgan fingerprint density at radius 1 is 1.18 bits per heavy atom. The van der Waals surface area contributed by atoms with Crippen molar-refractivity contribution < 1.29 is 14.6 Å². The molecule has 0 bridgehead atoms. The molecule has 3 rings (SSSR count). The van der Waals surface area contributed by atoms with Crippen molar-refractivity contribution in [1.29, 1.82) is 0 Å². The van der Waals surface area contributed by atoms with E-state index in [0.29, 0.717) is 13.2 Å². The van der Waals surface area contributed by atoms with E-state index in [2.05, 4.69) is 13.8 Å². The minimum absolute atomic E-state index is 0.0133.